The van der Waals surface area contributed by atoms with Gasteiger partial charge in [-0.15, -0.1) is 0 Å². The predicted octanol–water partition coefficient (Wildman–Crippen LogP) is 10.8. The number of aromatic nitrogens is 2. The number of rotatable bonds is 10. The molecule has 4 heterocycles. The number of aromatic hydroxyl groups is 3. The Morgan fingerprint density at radius 1 is 0.935 bits per heavy atom. The van der Waals surface area contributed by atoms with Crippen molar-refractivity contribution in [2.24, 2.45) is 11.3 Å². The number of methoxy groups -OCH3 is 1. The molecule has 77 heavy (non-hydrogen) atoms. The van der Waals surface area contributed by atoms with Gasteiger partial charge in [-0.3, -0.25) is 14.4 Å². The number of aliphatic hydroxyl groups is 1. The summed E-state index contributed by atoms with van der Waals surface area (Å²) in [6.45, 7) is 5.57. The highest BCUT2D eigenvalue weighted by molar-refractivity contribution is 5.97. The summed E-state index contributed by atoms with van der Waals surface area (Å²) in [4.78, 5) is 46.5. The molecule has 2 aliphatic carbocycles. The Kier molecular flexibility index (Phi) is 14.9. The molecule has 0 amide bonds. The molecule has 0 saturated heterocycles. The zero-order valence-corrected chi connectivity index (χ0v) is 43.7. The number of ether oxygens (including phenoxy) is 3. The van der Waals surface area contributed by atoms with Crippen LogP contribution in [-0.2, 0) is 32.1 Å². The molecule has 0 radical (unpaired) electrons. The van der Waals surface area contributed by atoms with Gasteiger partial charge in [-0.1, -0.05) is 72.9 Å². The molecule has 14 heteroatoms. The fourth-order valence-corrected chi connectivity index (χ4v) is 12.0. The quantitative estimate of drug-likeness (QED) is 0.0562. The summed E-state index contributed by atoms with van der Waals surface area (Å²) in [6, 6.07) is 19.8. The van der Waals surface area contributed by atoms with Crippen molar-refractivity contribution in [1.82, 2.24) is 14.9 Å². The summed E-state index contributed by atoms with van der Waals surface area (Å²) in [7, 11) is 1.45. The number of nitrogens with zero attached hydrogens (tertiary/aromatic N) is 2. The largest absolute Gasteiger partial charge is 0.508 e. The number of phenolic OH excluding ortho intramolecular Hbond substituents is 3. The number of hydrogen-bond donors (Lipinski definition) is 6. The van der Waals surface area contributed by atoms with Crippen LogP contribution < -0.4 is 19.7 Å². The zero-order chi connectivity index (χ0) is 54.0. The molecule has 6 N–H and O–H groups in total. The number of carbonyl (C=O) groups excluding carboxylic acids is 3. The van der Waals surface area contributed by atoms with Crippen LogP contribution in [0.25, 0.3) is 10.8 Å². The van der Waals surface area contributed by atoms with E-state index < -0.39 is 23.5 Å². The molecule has 6 aromatic rings. The minimum atomic E-state index is -0.795. The number of Topliss-reactive ketones (excluding diaryl/α,β-unsaturated/α-hetero) is 2. The van der Waals surface area contributed by atoms with Crippen molar-refractivity contribution in [2.45, 2.75) is 96.3 Å². The molecule has 2 aliphatic heterocycles. The van der Waals surface area contributed by atoms with E-state index in [0.29, 0.717) is 48.7 Å². The maximum atomic E-state index is 15.0. The number of dihydropyridines is 1. The second kappa shape index (κ2) is 22.0. The topological polar surface area (TPSA) is 196 Å². The van der Waals surface area contributed by atoms with Gasteiger partial charge in [0.15, 0.2) is 11.5 Å². The van der Waals surface area contributed by atoms with Crippen LogP contribution in [0.2, 0.25) is 0 Å². The molecule has 0 fully saturated rings. The first-order valence-corrected chi connectivity index (χ1v) is 26.3. The normalized spacial score (nSPS) is 22.4. The molecule has 4 aliphatic rings. The van der Waals surface area contributed by atoms with Gasteiger partial charge in [0.2, 0.25) is 5.75 Å². The maximum Gasteiger partial charge on any atom is 0.302 e. The first kappa shape index (κ1) is 52.0. The van der Waals surface area contributed by atoms with Gasteiger partial charge >= 0.3 is 5.97 Å². The number of carbonyl (C=O) groups is 3. The average molecular weight is 1040 g/mol. The van der Waals surface area contributed by atoms with E-state index in [1.54, 1.807) is 31.2 Å². The van der Waals surface area contributed by atoms with Gasteiger partial charge in [-0.2, -0.15) is 0 Å². The Balaban J connectivity index is 1.19. The standard InChI is InChI=1S/C63H64N4O10/c1-38-9-5-11-46-12-7-16-52-53-34-64-33-45(53)32-63(38,46)22-19-51(76-40(3)70)30-49(73)31-57(44-26-58(74)62(59(27-44)75-4)77-50-15-8-14-48(72)29-50)66-35-54-43(37-68)17-18-56(55(54)36-66)67(24-21-39(2)69)60-28-42(20-23-65-60)61(52)41-10-6-13-47(71)25-41/h5-6,8-11,13-15,17-18,20,25-29,33-36,38,51-52,57,61,64-65,68,71-72,74H,12,19,21-24,30-32,37H2,1-4H3/t38-,51-,52+,57+,61-,63-/m1/s1. The number of aromatic amines is 1. The van der Waals surface area contributed by atoms with Crippen LogP contribution in [0, 0.1) is 23.2 Å². The molecule has 396 valence electrons. The summed E-state index contributed by atoms with van der Waals surface area (Å²) >= 11 is 0. The zero-order valence-electron chi connectivity index (χ0n) is 43.7. The van der Waals surface area contributed by atoms with Crippen molar-refractivity contribution >= 4 is 34.0 Å². The fraction of sp³-hybridized carbons (Fsp3) is 0.317. The number of aliphatic hydroxyl groups excluding tert-OH is 1. The van der Waals surface area contributed by atoms with Crippen molar-refractivity contribution in [1.29, 1.82) is 0 Å². The number of phenols is 3. The third-order valence-electron chi connectivity index (χ3n) is 15.8. The van der Waals surface area contributed by atoms with Crippen molar-refractivity contribution in [2.75, 3.05) is 25.1 Å². The molecule has 10 rings (SSSR count). The number of H-pyrrole nitrogens is 1. The van der Waals surface area contributed by atoms with Crippen molar-refractivity contribution in [3.05, 3.63) is 173 Å². The van der Waals surface area contributed by atoms with Crippen LogP contribution in [0.3, 0.4) is 0 Å². The van der Waals surface area contributed by atoms with Crippen LogP contribution in [0.15, 0.2) is 145 Å². The second-order valence-corrected chi connectivity index (χ2v) is 20.7. The van der Waals surface area contributed by atoms with Crippen LogP contribution in [0.1, 0.15) is 105 Å². The number of fused-ring (bicyclic) bond motifs is 2. The van der Waals surface area contributed by atoms with E-state index in [2.05, 4.69) is 70.5 Å². The lowest BCUT2D eigenvalue weighted by atomic mass is 9.61. The monoisotopic (exact) mass is 1040 g/mol. The number of nitrogens with one attached hydrogen (secondary N) is 2. The van der Waals surface area contributed by atoms with Gasteiger partial charge in [0.1, 0.15) is 40.7 Å². The number of allylic oxidation sites excluding steroid dienone is 6. The molecule has 2 aromatic heterocycles. The number of benzene rings is 4. The molecule has 14 nitrogen and oxygen atoms in total. The number of ketones is 2. The number of hydrogen-bond acceptors (Lipinski definition) is 12. The van der Waals surface area contributed by atoms with E-state index >= 15 is 4.79 Å². The van der Waals surface area contributed by atoms with E-state index in [1.807, 2.05) is 53.5 Å². The third kappa shape index (κ3) is 10.7. The molecule has 6 bridgehead atoms. The van der Waals surface area contributed by atoms with Crippen molar-refractivity contribution in [3.63, 3.8) is 0 Å². The fourth-order valence-electron chi connectivity index (χ4n) is 12.0. The lowest BCUT2D eigenvalue weighted by Crippen LogP contribution is -2.36. The smallest absolute Gasteiger partial charge is 0.302 e. The maximum absolute atomic E-state index is 15.0. The summed E-state index contributed by atoms with van der Waals surface area (Å²) in [6.07, 6.45) is 20.0. The lowest BCUT2D eigenvalue weighted by molar-refractivity contribution is -0.148. The van der Waals surface area contributed by atoms with Crippen LogP contribution in [-0.4, -0.2) is 73.8 Å². The molecule has 0 unspecified atom stereocenters. The van der Waals surface area contributed by atoms with E-state index in [-0.39, 0.29) is 96.2 Å². The minimum Gasteiger partial charge on any atom is -0.508 e. The van der Waals surface area contributed by atoms with Crippen LogP contribution in [0.5, 0.6) is 34.5 Å². The van der Waals surface area contributed by atoms with Crippen LogP contribution >= 0.6 is 0 Å². The Morgan fingerprint density at radius 2 is 1.74 bits per heavy atom. The van der Waals surface area contributed by atoms with Gasteiger partial charge in [0.05, 0.1) is 31.4 Å². The second-order valence-electron chi connectivity index (χ2n) is 20.7. The Hall–Kier alpha value is -8.41. The van der Waals surface area contributed by atoms with Gasteiger partial charge in [0.25, 0.3) is 0 Å². The van der Waals surface area contributed by atoms with E-state index in [4.69, 9.17) is 14.2 Å². The summed E-state index contributed by atoms with van der Waals surface area (Å²) in [5.41, 5.74) is 6.49. The summed E-state index contributed by atoms with van der Waals surface area (Å²) in [5.74, 6) is 6.97. The molecule has 1 spiro atoms. The minimum absolute atomic E-state index is 0.000258. The number of esters is 1. The highest BCUT2D eigenvalue weighted by Gasteiger charge is 2.43. The van der Waals surface area contributed by atoms with E-state index in [0.717, 1.165) is 44.7 Å². The Morgan fingerprint density at radius 3 is 2.51 bits per heavy atom. The van der Waals surface area contributed by atoms with Gasteiger partial charge < -0.3 is 54.4 Å². The average Bonchev–Trinajstić information content (AvgIpc) is 4.08. The van der Waals surface area contributed by atoms with Gasteiger partial charge in [0, 0.05) is 98.7 Å². The van der Waals surface area contributed by atoms with Crippen molar-refractivity contribution < 1.29 is 49.0 Å². The van der Waals surface area contributed by atoms with Gasteiger partial charge in [-0.25, -0.2) is 0 Å². The highest BCUT2D eigenvalue weighted by Crippen LogP contribution is 2.52. The lowest BCUT2D eigenvalue weighted by Gasteiger charge is -2.43. The predicted molar refractivity (Wildman–Crippen MR) is 294 cm³/mol. The van der Waals surface area contributed by atoms with Gasteiger partial charge in [-0.05, 0) is 114 Å². The molecule has 0 saturated carbocycles. The molecule has 4 aromatic carbocycles. The van der Waals surface area contributed by atoms with E-state index in [1.165, 1.54) is 32.2 Å². The first-order valence-electron chi connectivity index (χ1n) is 26.3. The Bertz CT molecular complexity index is 3460. The van der Waals surface area contributed by atoms with Crippen molar-refractivity contribution in [3.8, 4) is 46.3 Å². The Labute approximate surface area is 448 Å². The SMILES string of the molecule is COc1cc([C@@H]2CC(=O)C[C@H](OC(C)=O)CC[C@]34Cc5c[nH]cc5[C@H](C#CCC3=CC=C[C@H]4C)[C@H](c3cccc(O)c3)C3=CCNC(=C3)N(CCC(C)=O)c3ccc(CO)c4cn2cc34)cc(O)c1Oc1cccc(O)c1. The molecular weight excluding hydrogens is 973 g/mol. The molecule has 6 atom stereocenters. The third-order valence-corrected chi connectivity index (χ3v) is 15.8. The molecular formula is C63H64N4O10. The summed E-state index contributed by atoms with van der Waals surface area (Å²) in [5, 5.41) is 49.1. The number of anilines is 1. The first-order chi connectivity index (χ1) is 37.2. The van der Waals surface area contributed by atoms with Crippen LogP contribution in [0.4, 0.5) is 5.69 Å². The highest BCUT2D eigenvalue weighted by atomic mass is 16.5. The summed E-state index contributed by atoms with van der Waals surface area (Å²) < 4.78 is 19.9. The van der Waals surface area contributed by atoms with E-state index in [9.17, 15) is 30.0 Å².